The molecular formula is C21H18O2S. The molecule has 0 N–H and O–H groups in total. The fraction of sp³-hybridized carbons (Fsp3) is 0.190. The third kappa shape index (κ3) is 2.76. The Bertz CT molecular complexity index is 861. The molecule has 2 unspecified atom stereocenters. The van der Waals surface area contributed by atoms with Crippen molar-refractivity contribution in [3.8, 4) is 0 Å². The van der Waals surface area contributed by atoms with Crippen LogP contribution in [-0.4, -0.2) is 12.1 Å². The number of rotatable bonds is 4. The zero-order valence-electron chi connectivity index (χ0n) is 13.3. The maximum Gasteiger partial charge on any atom is 0.334 e. The van der Waals surface area contributed by atoms with E-state index in [1.54, 1.807) is 11.3 Å². The second-order valence-corrected chi connectivity index (χ2v) is 7.27. The van der Waals surface area contributed by atoms with E-state index in [0.717, 1.165) is 12.8 Å². The standard InChI is InChI=1S/C21H18O2S/c1-14-20(19-13-16-9-5-6-10-18(16)24-19)17(23-21(14)22)12-11-15-7-3-2-4-8-15/h2-10,13,17,20H,1,11-12H2. The molecule has 0 saturated carbocycles. The molecule has 1 aliphatic heterocycles. The highest BCUT2D eigenvalue weighted by molar-refractivity contribution is 7.19. The van der Waals surface area contributed by atoms with Crippen molar-refractivity contribution in [2.45, 2.75) is 24.9 Å². The average Bonchev–Trinajstić information content (AvgIpc) is 3.15. The average molecular weight is 334 g/mol. The summed E-state index contributed by atoms with van der Waals surface area (Å²) in [5.41, 5.74) is 1.85. The van der Waals surface area contributed by atoms with Crippen molar-refractivity contribution in [3.63, 3.8) is 0 Å². The highest BCUT2D eigenvalue weighted by atomic mass is 32.1. The van der Waals surface area contributed by atoms with E-state index in [9.17, 15) is 4.79 Å². The van der Waals surface area contributed by atoms with Crippen LogP contribution in [0.5, 0.6) is 0 Å². The Balaban J connectivity index is 1.60. The zero-order chi connectivity index (χ0) is 16.5. The summed E-state index contributed by atoms with van der Waals surface area (Å²) >= 11 is 1.73. The Labute approximate surface area is 145 Å². The third-order valence-corrected chi connectivity index (χ3v) is 5.78. The van der Waals surface area contributed by atoms with Crippen LogP contribution in [0.3, 0.4) is 0 Å². The van der Waals surface area contributed by atoms with Crippen LogP contribution < -0.4 is 0 Å². The molecule has 1 aliphatic rings. The first-order valence-electron chi connectivity index (χ1n) is 8.14. The van der Waals surface area contributed by atoms with Crippen LogP contribution in [-0.2, 0) is 16.0 Å². The highest BCUT2D eigenvalue weighted by Crippen LogP contribution is 2.42. The van der Waals surface area contributed by atoms with Gasteiger partial charge in [-0.3, -0.25) is 0 Å². The Kier molecular flexibility index (Phi) is 3.95. The molecule has 2 atom stereocenters. The summed E-state index contributed by atoms with van der Waals surface area (Å²) in [5, 5.41) is 1.21. The number of fused-ring (bicyclic) bond motifs is 1. The summed E-state index contributed by atoms with van der Waals surface area (Å²) in [4.78, 5) is 13.2. The lowest BCUT2D eigenvalue weighted by molar-refractivity contribution is -0.139. The predicted octanol–water partition coefficient (Wildman–Crippen LogP) is 5.10. The van der Waals surface area contributed by atoms with Gasteiger partial charge in [-0.1, -0.05) is 55.1 Å². The topological polar surface area (TPSA) is 26.3 Å². The first-order valence-corrected chi connectivity index (χ1v) is 8.96. The van der Waals surface area contributed by atoms with E-state index in [1.165, 1.54) is 20.5 Å². The van der Waals surface area contributed by atoms with E-state index in [1.807, 2.05) is 30.3 Å². The zero-order valence-corrected chi connectivity index (χ0v) is 14.1. The molecule has 2 heterocycles. The molecule has 2 aromatic carbocycles. The number of hydrogen-bond donors (Lipinski definition) is 0. The van der Waals surface area contributed by atoms with Crippen molar-refractivity contribution in [3.05, 3.63) is 83.3 Å². The van der Waals surface area contributed by atoms with Gasteiger partial charge in [-0.15, -0.1) is 11.3 Å². The van der Waals surface area contributed by atoms with Crippen LogP contribution in [0.4, 0.5) is 0 Å². The Morgan fingerprint density at radius 2 is 1.79 bits per heavy atom. The summed E-state index contributed by atoms with van der Waals surface area (Å²) in [6, 6.07) is 20.8. The second kappa shape index (κ2) is 6.25. The van der Waals surface area contributed by atoms with Gasteiger partial charge in [0.1, 0.15) is 6.10 Å². The minimum Gasteiger partial charge on any atom is -0.458 e. The smallest absolute Gasteiger partial charge is 0.334 e. The Morgan fingerprint density at radius 1 is 1.04 bits per heavy atom. The molecule has 1 fully saturated rings. The minimum atomic E-state index is -0.254. The minimum absolute atomic E-state index is 0.0291. The van der Waals surface area contributed by atoms with E-state index in [0.29, 0.717) is 5.57 Å². The maximum atomic E-state index is 12.1. The van der Waals surface area contributed by atoms with Crippen LogP contribution >= 0.6 is 11.3 Å². The number of cyclic esters (lactones) is 1. The summed E-state index contributed by atoms with van der Waals surface area (Å²) in [7, 11) is 0. The summed E-state index contributed by atoms with van der Waals surface area (Å²) < 4.78 is 6.86. The van der Waals surface area contributed by atoms with Gasteiger partial charge in [0.25, 0.3) is 0 Å². The summed E-state index contributed by atoms with van der Waals surface area (Å²) in [6.07, 6.45) is 1.58. The number of carbonyl (C=O) groups excluding carboxylic acids is 1. The van der Waals surface area contributed by atoms with Gasteiger partial charge in [-0.2, -0.15) is 0 Å². The van der Waals surface area contributed by atoms with Crippen molar-refractivity contribution in [2.75, 3.05) is 0 Å². The van der Waals surface area contributed by atoms with Gasteiger partial charge in [0.2, 0.25) is 0 Å². The predicted molar refractivity (Wildman–Crippen MR) is 98.3 cm³/mol. The number of aryl methyl sites for hydroxylation is 1. The van der Waals surface area contributed by atoms with E-state index >= 15 is 0 Å². The quantitative estimate of drug-likeness (QED) is 0.490. The number of hydrogen-bond acceptors (Lipinski definition) is 3. The molecule has 0 radical (unpaired) electrons. The molecule has 1 saturated heterocycles. The van der Waals surface area contributed by atoms with Crippen molar-refractivity contribution in [2.24, 2.45) is 0 Å². The van der Waals surface area contributed by atoms with Gasteiger partial charge in [0, 0.05) is 15.2 Å². The molecule has 3 heteroatoms. The van der Waals surface area contributed by atoms with E-state index in [-0.39, 0.29) is 18.0 Å². The molecule has 0 amide bonds. The van der Waals surface area contributed by atoms with Gasteiger partial charge in [-0.05, 0) is 35.9 Å². The molecule has 0 aliphatic carbocycles. The molecule has 1 aromatic heterocycles. The van der Waals surface area contributed by atoms with Gasteiger partial charge >= 0.3 is 5.97 Å². The third-order valence-electron chi connectivity index (χ3n) is 4.58. The second-order valence-electron chi connectivity index (χ2n) is 6.16. The molecule has 3 aromatic rings. The first-order chi connectivity index (χ1) is 11.7. The lowest BCUT2D eigenvalue weighted by atomic mass is 9.91. The van der Waals surface area contributed by atoms with E-state index < -0.39 is 0 Å². The maximum absolute atomic E-state index is 12.1. The summed E-state index contributed by atoms with van der Waals surface area (Å²) in [6.45, 7) is 4.00. The van der Waals surface area contributed by atoms with Crippen LogP contribution in [0.1, 0.15) is 22.8 Å². The van der Waals surface area contributed by atoms with Crippen LogP contribution in [0.2, 0.25) is 0 Å². The molecule has 0 spiro atoms. The van der Waals surface area contributed by atoms with Crippen molar-refractivity contribution in [1.29, 1.82) is 0 Å². The lowest BCUT2D eigenvalue weighted by Crippen LogP contribution is -2.15. The molecule has 120 valence electrons. The SMILES string of the molecule is C=C1C(=O)OC(CCc2ccccc2)C1c1cc2ccccc2s1. The fourth-order valence-electron chi connectivity index (χ4n) is 3.32. The molecule has 2 nitrogen and oxygen atoms in total. The van der Waals surface area contributed by atoms with Crippen LogP contribution in [0.15, 0.2) is 72.8 Å². The molecular weight excluding hydrogens is 316 g/mol. The molecule has 24 heavy (non-hydrogen) atoms. The molecule has 4 rings (SSSR count). The fourth-order valence-corrected chi connectivity index (χ4v) is 4.57. The number of thiophene rings is 1. The van der Waals surface area contributed by atoms with Crippen molar-refractivity contribution < 1.29 is 9.53 Å². The van der Waals surface area contributed by atoms with Gasteiger partial charge in [0.05, 0.1) is 5.92 Å². The van der Waals surface area contributed by atoms with E-state index in [4.69, 9.17) is 4.74 Å². The monoisotopic (exact) mass is 334 g/mol. The number of ether oxygens (including phenoxy) is 1. The normalized spacial score (nSPS) is 20.5. The highest BCUT2D eigenvalue weighted by Gasteiger charge is 2.40. The number of carbonyl (C=O) groups is 1. The number of benzene rings is 2. The largest absolute Gasteiger partial charge is 0.458 e. The van der Waals surface area contributed by atoms with Crippen molar-refractivity contribution in [1.82, 2.24) is 0 Å². The Morgan fingerprint density at radius 3 is 2.58 bits per heavy atom. The van der Waals surface area contributed by atoms with Crippen molar-refractivity contribution >= 4 is 27.4 Å². The number of esters is 1. The van der Waals surface area contributed by atoms with E-state index in [2.05, 4.69) is 36.9 Å². The van der Waals surface area contributed by atoms with Gasteiger partial charge < -0.3 is 4.74 Å². The van der Waals surface area contributed by atoms with Gasteiger partial charge in [0.15, 0.2) is 0 Å². The van der Waals surface area contributed by atoms with Crippen LogP contribution in [0, 0.1) is 0 Å². The molecule has 0 bridgehead atoms. The van der Waals surface area contributed by atoms with Crippen LogP contribution in [0.25, 0.3) is 10.1 Å². The summed E-state index contributed by atoms with van der Waals surface area (Å²) in [5.74, 6) is -0.283. The lowest BCUT2D eigenvalue weighted by Gasteiger charge is -2.16. The Hall–Kier alpha value is -2.39. The first kappa shape index (κ1) is 15.2. The van der Waals surface area contributed by atoms with Gasteiger partial charge in [-0.25, -0.2) is 4.79 Å².